The number of benzene rings is 1. The van der Waals surface area contributed by atoms with Gasteiger partial charge in [0, 0.05) is 17.5 Å². The van der Waals surface area contributed by atoms with Crippen LogP contribution in [0, 0.1) is 10.6 Å². The molecular formula is C15H19FN6O3S. The Hall–Kier alpha value is -2.53. The van der Waals surface area contributed by atoms with Gasteiger partial charge in [-0.2, -0.15) is 0 Å². The van der Waals surface area contributed by atoms with Gasteiger partial charge in [-0.15, -0.1) is 10.1 Å². The molecule has 0 bridgehead atoms. The molecule has 1 unspecified atom stereocenters. The molecule has 1 aliphatic heterocycles. The molecule has 0 saturated carbocycles. The van der Waals surface area contributed by atoms with Gasteiger partial charge in [-0.25, -0.2) is 9.02 Å². The fourth-order valence-corrected chi connectivity index (χ4v) is 4.70. The van der Waals surface area contributed by atoms with Crippen LogP contribution >= 0.6 is 0 Å². The standard InChI is InChI=1S/C15H19FN6O3S/c16-9-2-1-8-5-12(11(8)6-9)19-15(20-23)13-14(22-25-21-13)18-7-10-3-4-26(10,17)24/h1-2,6,10,12,23,26H,3-5,7H2,(H2,17,24)(H,18,22)(H,19,20)/t10?,12-/m0/s1. The highest BCUT2D eigenvalue weighted by Crippen LogP contribution is 2.34. The van der Waals surface area contributed by atoms with E-state index >= 15 is 0 Å². The highest BCUT2D eigenvalue weighted by atomic mass is 32.3. The number of amidine groups is 1. The molecule has 1 fully saturated rings. The van der Waals surface area contributed by atoms with Crippen LogP contribution in [-0.4, -0.2) is 43.5 Å². The van der Waals surface area contributed by atoms with E-state index in [0.29, 0.717) is 18.7 Å². The predicted molar refractivity (Wildman–Crippen MR) is 94.5 cm³/mol. The molecule has 11 heteroatoms. The van der Waals surface area contributed by atoms with Crippen molar-refractivity contribution in [2.75, 3.05) is 17.6 Å². The zero-order valence-corrected chi connectivity index (χ0v) is 14.6. The van der Waals surface area contributed by atoms with E-state index in [1.807, 2.05) is 0 Å². The van der Waals surface area contributed by atoms with Gasteiger partial charge < -0.3 is 20.4 Å². The Balaban J connectivity index is 1.45. The monoisotopic (exact) mass is 382 g/mol. The maximum absolute atomic E-state index is 13.4. The zero-order chi connectivity index (χ0) is 18.3. The topological polar surface area (TPSA) is 140 Å². The van der Waals surface area contributed by atoms with Gasteiger partial charge in [-0.1, -0.05) is 11.2 Å². The second-order valence-corrected chi connectivity index (χ2v) is 9.36. The van der Waals surface area contributed by atoms with E-state index in [2.05, 4.69) is 26.1 Å². The molecule has 1 saturated heterocycles. The lowest BCUT2D eigenvalue weighted by Gasteiger charge is -2.40. The van der Waals surface area contributed by atoms with Crippen LogP contribution in [0.3, 0.4) is 0 Å². The average molecular weight is 382 g/mol. The number of rotatable bonds is 5. The minimum absolute atomic E-state index is 0.0539. The van der Waals surface area contributed by atoms with Crippen molar-refractivity contribution >= 4 is 21.8 Å². The summed E-state index contributed by atoms with van der Waals surface area (Å²) in [6.45, 7) is 0.366. The molecule has 140 valence electrons. The molecule has 0 radical (unpaired) electrons. The lowest BCUT2D eigenvalue weighted by molar-refractivity contribution is 0.303. The van der Waals surface area contributed by atoms with E-state index in [9.17, 15) is 14.2 Å². The number of fused-ring (bicyclic) bond motifs is 1. The zero-order valence-electron chi connectivity index (χ0n) is 13.7. The molecule has 1 aromatic carbocycles. The van der Waals surface area contributed by atoms with Crippen LogP contribution in [0.15, 0.2) is 28.0 Å². The van der Waals surface area contributed by atoms with Crippen LogP contribution in [-0.2, 0) is 16.5 Å². The molecule has 26 heavy (non-hydrogen) atoms. The highest BCUT2D eigenvalue weighted by Gasteiger charge is 2.32. The number of anilines is 1. The highest BCUT2D eigenvalue weighted by molar-refractivity contribution is 8.00. The third-order valence-corrected chi connectivity index (χ3v) is 7.53. The Kier molecular flexibility index (Phi) is 4.11. The van der Waals surface area contributed by atoms with E-state index in [-0.39, 0.29) is 34.5 Å². The first-order chi connectivity index (χ1) is 12.5. The Morgan fingerprint density at radius 3 is 3.00 bits per heavy atom. The lowest BCUT2D eigenvalue weighted by Crippen LogP contribution is -2.46. The molecule has 2 aromatic rings. The van der Waals surface area contributed by atoms with Crippen LogP contribution in [0.5, 0.6) is 0 Å². The summed E-state index contributed by atoms with van der Waals surface area (Å²) in [4.78, 5) is 0. The Morgan fingerprint density at radius 2 is 2.31 bits per heavy atom. The smallest absolute Gasteiger partial charge is 0.202 e. The maximum Gasteiger partial charge on any atom is 0.202 e. The Labute approximate surface area is 149 Å². The molecular weight excluding hydrogens is 363 g/mol. The van der Waals surface area contributed by atoms with E-state index in [0.717, 1.165) is 17.5 Å². The third-order valence-electron chi connectivity index (χ3n) is 4.94. The van der Waals surface area contributed by atoms with E-state index < -0.39 is 10.1 Å². The minimum Gasteiger partial charge on any atom is -0.409 e. The number of hydrogen-bond donors (Lipinski definition) is 6. The van der Waals surface area contributed by atoms with Crippen molar-refractivity contribution in [3.63, 3.8) is 0 Å². The number of thiol groups is 1. The first-order valence-corrected chi connectivity index (χ1v) is 10.2. The predicted octanol–water partition coefficient (Wildman–Crippen LogP) is 1.54. The van der Waals surface area contributed by atoms with Crippen molar-refractivity contribution in [1.82, 2.24) is 15.6 Å². The summed E-state index contributed by atoms with van der Waals surface area (Å²) in [5, 5.41) is 26.0. The SMILES string of the molecule is N=[SH]1(O)CCC1CNc1nonc1/C(=N\O)N[C@H]1Cc2ccc(F)cc21. The number of halogens is 1. The molecule has 4 rings (SSSR count). The molecule has 2 atom stereocenters. The van der Waals surface area contributed by atoms with Crippen molar-refractivity contribution in [2.45, 2.75) is 24.1 Å². The number of aromatic nitrogens is 2. The molecule has 2 heterocycles. The summed E-state index contributed by atoms with van der Waals surface area (Å²) in [6, 6.07) is 4.39. The van der Waals surface area contributed by atoms with Gasteiger partial charge in [0.15, 0.2) is 11.5 Å². The largest absolute Gasteiger partial charge is 0.409 e. The molecule has 0 spiro atoms. The summed E-state index contributed by atoms with van der Waals surface area (Å²) < 4.78 is 35.8. The Bertz CT molecular complexity index is 917. The van der Waals surface area contributed by atoms with Crippen molar-refractivity contribution in [3.8, 4) is 0 Å². The van der Waals surface area contributed by atoms with Crippen LogP contribution < -0.4 is 10.6 Å². The molecule has 2 aliphatic rings. The summed E-state index contributed by atoms with van der Waals surface area (Å²) in [7, 11) is -2.57. The van der Waals surface area contributed by atoms with Crippen LogP contribution in [0.25, 0.3) is 0 Å². The van der Waals surface area contributed by atoms with E-state index in [4.69, 9.17) is 9.41 Å². The van der Waals surface area contributed by atoms with Crippen molar-refractivity contribution in [3.05, 3.63) is 40.8 Å². The number of oxime groups is 1. The van der Waals surface area contributed by atoms with Gasteiger partial charge in [0.25, 0.3) is 0 Å². The van der Waals surface area contributed by atoms with Crippen LogP contribution in [0.4, 0.5) is 10.2 Å². The molecule has 1 aromatic heterocycles. The molecule has 1 aliphatic carbocycles. The molecule has 9 nitrogen and oxygen atoms in total. The Morgan fingerprint density at radius 1 is 1.46 bits per heavy atom. The van der Waals surface area contributed by atoms with Crippen molar-refractivity contribution in [2.24, 2.45) is 5.16 Å². The van der Waals surface area contributed by atoms with Crippen LogP contribution in [0.2, 0.25) is 0 Å². The maximum atomic E-state index is 13.4. The van der Waals surface area contributed by atoms with Gasteiger partial charge in [-0.3, -0.25) is 4.78 Å². The van der Waals surface area contributed by atoms with Gasteiger partial charge >= 0.3 is 0 Å². The van der Waals surface area contributed by atoms with Gasteiger partial charge in [0.1, 0.15) is 5.82 Å². The first kappa shape index (κ1) is 16.9. The van der Waals surface area contributed by atoms with E-state index in [1.54, 1.807) is 6.07 Å². The number of hydrogen-bond acceptors (Lipinski definition) is 7. The van der Waals surface area contributed by atoms with Gasteiger partial charge in [-0.05, 0) is 46.4 Å². The molecule has 0 amide bonds. The summed E-state index contributed by atoms with van der Waals surface area (Å²) in [5.41, 5.74) is 2.01. The van der Waals surface area contributed by atoms with Gasteiger partial charge in [0.2, 0.25) is 5.82 Å². The van der Waals surface area contributed by atoms with Gasteiger partial charge in [0.05, 0.1) is 6.04 Å². The fraction of sp³-hybridized carbons (Fsp3) is 0.400. The summed E-state index contributed by atoms with van der Waals surface area (Å²) >= 11 is 0. The number of nitrogens with zero attached hydrogens (tertiary/aromatic N) is 3. The third kappa shape index (κ3) is 2.92. The second kappa shape index (κ2) is 6.32. The quantitative estimate of drug-likeness (QED) is 0.152. The minimum atomic E-state index is -2.57. The number of nitrogens with one attached hydrogen (secondary N) is 3. The molecule has 5 N–H and O–H groups in total. The van der Waals surface area contributed by atoms with Crippen molar-refractivity contribution < 1.29 is 18.8 Å². The van der Waals surface area contributed by atoms with E-state index in [1.165, 1.54) is 12.1 Å². The summed E-state index contributed by atoms with van der Waals surface area (Å²) in [5.74, 6) is 0.537. The lowest BCUT2D eigenvalue weighted by atomic mass is 9.83. The normalized spacial score (nSPS) is 24.8. The first-order valence-electron chi connectivity index (χ1n) is 8.17. The van der Waals surface area contributed by atoms with Crippen molar-refractivity contribution in [1.29, 1.82) is 4.78 Å². The average Bonchev–Trinajstić information content (AvgIpc) is 3.05. The second-order valence-electron chi connectivity index (χ2n) is 6.53. The van der Waals surface area contributed by atoms with Crippen LogP contribution in [0.1, 0.15) is 29.3 Å². The summed E-state index contributed by atoms with van der Waals surface area (Å²) in [6.07, 6.45) is 1.45. The fourth-order valence-electron chi connectivity index (χ4n) is 3.20.